The molecule has 1 aliphatic rings. The molecule has 124 valence electrons. The molecule has 0 fully saturated rings. The summed E-state index contributed by atoms with van der Waals surface area (Å²) in [5, 5.41) is 13.5. The average Bonchev–Trinajstić information content (AvgIpc) is 2.91. The first-order valence-electron chi connectivity index (χ1n) is 7.68. The van der Waals surface area contributed by atoms with Crippen LogP contribution in [0.2, 0.25) is 0 Å². The van der Waals surface area contributed by atoms with Crippen molar-refractivity contribution < 1.29 is 19.4 Å². The molecule has 1 aliphatic carbocycles. The molecular weight excluding hydrogens is 308 g/mol. The number of nitrogens with one attached hydrogen (secondary N) is 2. The SMILES string of the molecule is O=C(O)CNCNC(=O)OCC1c2ccccc2-c2ccccc21. The van der Waals surface area contributed by atoms with E-state index in [0.717, 1.165) is 11.1 Å². The molecule has 6 nitrogen and oxygen atoms in total. The molecule has 0 aliphatic heterocycles. The van der Waals surface area contributed by atoms with E-state index in [1.54, 1.807) is 0 Å². The van der Waals surface area contributed by atoms with E-state index in [0.29, 0.717) is 0 Å². The largest absolute Gasteiger partial charge is 0.480 e. The van der Waals surface area contributed by atoms with Gasteiger partial charge in [-0.2, -0.15) is 0 Å². The van der Waals surface area contributed by atoms with Crippen LogP contribution in [0.4, 0.5) is 4.79 Å². The fourth-order valence-electron chi connectivity index (χ4n) is 2.95. The Bertz CT molecular complexity index is 715. The number of carboxylic acids is 1. The molecule has 0 unspecified atom stereocenters. The summed E-state index contributed by atoms with van der Waals surface area (Å²) >= 11 is 0. The van der Waals surface area contributed by atoms with E-state index in [9.17, 15) is 9.59 Å². The number of hydrogen-bond donors (Lipinski definition) is 3. The Labute approximate surface area is 139 Å². The number of ether oxygens (including phenoxy) is 1. The molecule has 3 rings (SSSR count). The molecule has 0 spiro atoms. The van der Waals surface area contributed by atoms with Gasteiger partial charge in [0.05, 0.1) is 13.2 Å². The fraction of sp³-hybridized carbons (Fsp3) is 0.222. The van der Waals surface area contributed by atoms with Gasteiger partial charge in [0, 0.05) is 5.92 Å². The minimum atomic E-state index is -0.982. The average molecular weight is 326 g/mol. The number of aliphatic carboxylic acids is 1. The van der Waals surface area contributed by atoms with Gasteiger partial charge in [0.15, 0.2) is 0 Å². The summed E-state index contributed by atoms with van der Waals surface area (Å²) in [4.78, 5) is 22.1. The van der Waals surface area contributed by atoms with E-state index in [1.807, 2.05) is 24.3 Å². The van der Waals surface area contributed by atoms with Crippen molar-refractivity contribution in [1.29, 1.82) is 0 Å². The molecule has 6 heteroatoms. The molecule has 0 saturated carbocycles. The van der Waals surface area contributed by atoms with Gasteiger partial charge in [-0.15, -0.1) is 0 Å². The van der Waals surface area contributed by atoms with Crippen LogP contribution in [0.5, 0.6) is 0 Å². The van der Waals surface area contributed by atoms with E-state index in [2.05, 4.69) is 34.9 Å². The zero-order chi connectivity index (χ0) is 16.9. The lowest BCUT2D eigenvalue weighted by Crippen LogP contribution is -2.37. The number of rotatable bonds is 6. The summed E-state index contributed by atoms with van der Waals surface area (Å²) in [6.45, 7) is 0.0609. The van der Waals surface area contributed by atoms with Crippen molar-refractivity contribution in [3.8, 4) is 11.1 Å². The van der Waals surface area contributed by atoms with Gasteiger partial charge < -0.3 is 15.2 Å². The maximum atomic E-state index is 11.7. The van der Waals surface area contributed by atoms with Crippen molar-refractivity contribution in [3.63, 3.8) is 0 Å². The van der Waals surface area contributed by atoms with Crippen molar-refractivity contribution in [2.45, 2.75) is 5.92 Å². The predicted molar refractivity (Wildman–Crippen MR) is 88.7 cm³/mol. The van der Waals surface area contributed by atoms with Gasteiger partial charge in [0.25, 0.3) is 0 Å². The Morgan fingerprint density at radius 3 is 2.17 bits per heavy atom. The second kappa shape index (κ2) is 7.14. The van der Waals surface area contributed by atoms with E-state index in [4.69, 9.17) is 9.84 Å². The van der Waals surface area contributed by atoms with Crippen LogP contribution in [0.25, 0.3) is 11.1 Å². The van der Waals surface area contributed by atoms with Gasteiger partial charge in [-0.25, -0.2) is 4.79 Å². The Morgan fingerprint density at radius 2 is 1.58 bits per heavy atom. The second-order valence-corrected chi connectivity index (χ2v) is 5.50. The number of benzene rings is 2. The summed E-state index contributed by atoms with van der Waals surface area (Å²) in [6.07, 6.45) is -0.574. The third-order valence-electron chi connectivity index (χ3n) is 3.98. The highest BCUT2D eigenvalue weighted by molar-refractivity contribution is 5.79. The molecule has 24 heavy (non-hydrogen) atoms. The van der Waals surface area contributed by atoms with E-state index in [-0.39, 0.29) is 25.7 Å². The van der Waals surface area contributed by atoms with Crippen LogP contribution in [0.3, 0.4) is 0 Å². The third-order valence-corrected chi connectivity index (χ3v) is 3.98. The van der Waals surface area contributed by atoms with Crippen LogP contribution in [-0.2, 0) is 9.53 Å². The van der Waals surface area contributed by atoms with Gasteiger partial charge >= 0.3 is 12.1 Å². The van der Waals surface area contributed by atoms with Crippen molar-refractivity contribution >= 4 is 12.1 Å². The maximum absolute atomic E-state index is 11.7. The molecule has 0 bridgehead atoms. The highest BCUT2D eigenvalue weighted by atomic mass is 16.5. The van der Waals surface area contributed by atoms with Crippen LogP contribution < -0.4 is 10.6 Å². The Balaban J connectivity index is 1.61. The first-order valence-corrected chi connectivity index (χ1v) is 7.68. The van der Waals surface area contributed by atoms with Crippen molar-refractivity contribution in [2.75, 3.05) is 19.8 Å². The van der Waals surface area contributed by atoms with Crippen molar-refractivity contribution in [1.82, 2.24) is 10.6 Å². The molecular formula is C18H18N2O4. The maximum Gasteiger partial charge on any atom is 0.408 e. The molecule has 0 aromatic heterocycles. The summed E-state index contributed by atoms with van der Waals surface area (Å²) < 4.78 is 5.31. The van der Waals surface area contributed by atoms with Crippen LogP contribution >= 0.6 is 0 Å². The number of carbonyl (C=O) groups excluding carboxylic acids is 1. The Hall–Kier alpha value is -2.86. The van der Waals surface area contributed by atoms with Crippen LogP contribution in [-0.4, -0.2) is 37.0 Å². The minimum Gasteiger partial charge on any atom is -0.480 e. The quantitative estimate of drug-likeness (QED) is 0.559. The first-order chi connectivity index (χ1) is 11.7. The molecule has 0 heterocycles. The molecule has 0 atom stereocenters. The number of hydrogen-bond acceptors (Lipinski definition) is 4. The molecule has 1 amide bonds. The summed E-state index contributed by atoms with van der Waals surface area (Å²) in [5.41, 5.74) is 4.64. The number of fused-ring (bicyclic) bond motifs is 3. The topological polar surface area (TPSA) is 87.7 Å². The monoisotopic (exact) mass is 326 g/mol. The van der Waals surface area contributed by atoms with E-state index < -0.39 is 12.1 Å². The van der Waals surface area contributed by atoms with Crippen molar-refractivity contribution in [2.24, 2.45) is 0 Å². The van der Waals surface area contributed by atoms with Crippen LogP contribution in [0.15, 0.2) is 48.5 Å². The van der Waals surface area contributed by atoms with Gasteiger partial charge in [-0.1, -0.05) is 48.5 Å². The van der Waals surface area contributed by atoms with Gasteiger partial charge in [0.1, 0.15) is 6.61 Å². The lowest BCUT2D eigenvalue weighted by atomic mass is 9.98. The highest BCUT2D eigenvalue weighted by Gasteiger charge is 2.28. The lowest BCUT2D eigenvalue weighted by Gasteiger charge is -2.14. The third kappa shape index (κ3) is 3.38. The van der Waals surface area contributed by atoms with Crippen molar-refractivity contribution in [3.05, 3.63) is 59.7 Å². The fourth-order valence-corrected chi connectivity index (χ4v) is 2.95. The molecule has 0 saturated heterocycles. The first kappa shape index (κ1) is 16.0. The van der Waals surface area contributed by atoms with E-state index >= 15 is 0 Å². The van der Waals surface area contributed by atoms with Gasteiger partial charge in [-0.05, 0) is 22.3 Å². The number of carbonyl (C=O) groups is 2. The van der Waals surface area contributed by atoms with Gasteiger partial charge in [-0.3, -0.25) is 10.1 Å². The molecule has 2 aromatic carbocycles. The summed E-state index contributed by atoms with van der Waals surface area (Å²) in [5.74, 6) is -0.973. The zero-order valence-electron chi connectivity index (χ0n) is 13.0. The Morgan fingerprint density at radius 1 is 1.00 bits per heavy atom. The lowest BCUT2D eigenvalue weighted by molar-refractivity contribution is -0.135. The number of alkyl carbamates (subject to hydrolysis) is 1. The summed E-state index contributed by atoms with van der Waals surface area (Å²) in [6, 6.07) is 16.2. The van der Waals surface area contributed by atoms with Crippen LogP contribution in [0.1, 0.15) is 17.0 Å². The Kier molecular flexibility index (Phi) is 4.77. The summed E-state index contributed by atoms with van der Waals surface area (Å²) in [7, 11) is 0. The number of amides is 1. The van der Waals surface area contributed by atoms with Crippen LogP contribution in [0, 0.1) is 0 Å². The predicted octanol–water partition coefficient (Wildman–Crippen LogP) is 2.16. The minimum absolute atomic E-state index is 0.00938. The second-order valence-electron chi connectivity index (χ2n) is 5.50. The van der Waals surface area contributed by atoms with Gasteiger partial charge in [0.2, 0.25) is 0 Å². The standard InChI is InChI=1S/C18H18N2O4/c21-17(22)9-19-11-20-18(23)24-10-16-14-7-3-1-5-12(14)13-6-2-4-8-15(13)16/h1-8,16,19H,9-11H2,(H,20,23)(H,21,22). The zero-order valence-corrected chi connectivity index (χ0v) is 13.0. The smallest absolute Gasteiger partial charge is 0.408 e. The normalized spacial score (nSPS) is 12.3. The molecule has 3 N–H and O–H groups in total. The van der Waals surface area contributed by atoms with E-state index in [1.165, 1.54) is 11.1 Å². The number of carboxylic acid groups (broad SMARTS) is 1. The molecule has 2 aromatic rings. The highest BCUT2D eigenvalue weighted by Crippen LogP contribution is 2.44. The molecule has 0 radical (unpaired) electrons.